The molecular weight excluding hydrogens is 324 g/mol. The van der Waals surface area contributed by atoms with E-state index in [0.717, 1.165) is 0 Å². The fourth-order valence-electron chi connectivity index (χ4n) is 2.76. The lowest BCUT2D eigenvalue weighted by molar-refractivity contribution is -0.133. The van der Waals surface area contributed by atoms with E-state index >= 15 is 0 Å². The first kappa shape index (κ1) is 18.8. The summed E-state index contributed by atoms with van der Waals surface area (Å²) in [4.78, 5) is 41.3. The maximum atomic E-state index is 13.1. The average Bonchev–Trinajstić information content (AvgIpc) is 2.59. The van der Waals surface area contributed by atoms with Crippen LogP contribution < -0.4 is 0 Å². The molecule has 7 heteroatoms. The van der Waals surface area contributed by atoms with Gasteiger partial charge < -0.3 is 19.3 Å². The first-order chi connectivity index (χ1) is 11.9. The summed E-state index contributed by atoms with van der Waals surface area (Å²) in [5, 5.41) is 0. The minimum absolute atomic E-state index is 0.0628. The van der Waals surface area contributed by atoms with Crippen LogP contribution in [0, 0.1) is 0 Å². The second kappa shape index (κ2) is 8.04. The van der Waals surface area contributed by atoms with Crippen molar-refractivity contribution in [1.29, 1.82) is 0 Å². The van der Waals surface area contributed by atoms with E-state index in [-0.39, 0.29) is 42.7 Å². The van der Waals surface area contributed by atoms with E-state index < -0.39 is 5.91 Å². The van der Waals surface area contributed by atoms with Crippen LogP contribution in [0.5, 0.6) is 0 Å². The van der Waals surface area contributed by atoms with Crippen molar-refractivity contribution in [2.45, 2.75) is 0 Å². The van der Waals surface area contributed by atoms with Crippen LogP contribution in [-0.2, 0) is 14.3 Å². The molecule has 1 aromatic rings. The van der Waals surface area contributed by atoms with E-state index in [1.54, 1.807) is 43.3 Å². The Balaban J connectivity index is 2.62. The molecule has 1 aliphatic rings. The molecule has 0 aromatic heterocycles. The molecule has 0 aliphatic heterocycles. The molecule has 1 aliphatic carbocycles. The molecule has 0 unspecified atom stereocenters. The summed E-state index contributed by atoms with van der Waals surface area (Å²) in [6.07, 6.45) is 0. The molecule has 0 bridgehead atoms. The SMILES string of the molecule is COCCN(C(=O)COC)C1=C(N(C)C)C(=O)c2ccccc2C1=O. The Hall–Kier alpha value is -2.51. The number of hydrogen-bond acceptors (Lipinski definition) is 6. The monoisotopic (exact) mass is 346 g/mol. The molecule has 0 atom stereocenters. The molecule has 7 nitrogen and oxygen atoms in total. The van der Waals surface area contributed by atoms with Crippen molar-refractivity contribution in [1.82, 2.24) is 9.80 Å². The topological polar surface area (TPSA) is 76.2 Å². The van der Waals surface area contributed by atoms with Gasteiger partial charge in [0.15, 0.2) is 0 Å². The fraction of sp³-hybridized carbons (Fsp3) is 0.389. The van der Waals surface area contributed by atoms with E-state index in [1.165, 1.54) is 19.1 Å². The molecular formula is C18H22N2O5. The Bertz CT molecular complexity index is 724. The maximum absolute atomic E-state index is 13.1. The number of Topliss-reactive ketones (excluding diaryl/α,β-unsaturated/α-hetero) is 2. The lowest BCUT2D eigenvalue weighted by atomic mass is 9.89. The average molecular weight is 346 g/mol. The van der Waals surface area contributed by atoms with Crippen LogP contribution in [0.15, 0.2) is 35.7 Å². The van der Waals surface area contributed by atoms with Gasteiger partial charge in [0.05, 0.1) is 6.61 Å². The zero-order valence-electron chi connectivity index (χ0n) is 14.9. The quantitative estimate of drug-likeness (QED) is 0.732. The second-order valence-corrected chi connectivity index (χ2v) is 5.77. The fourth-order valence-corrected chi connectivity index (χ4v) is 2.76. The minimum Gasteiger partial charge on any atom is -0.383 e. The molecule has 134 valence electrons. The number of hydrogen-bond donors (Lipinski definition) is 0. The van der Waals surface area contributed by atoms with Crippen molar-refractivity contribution < 1.29 is 23.9 Å². The van der Waals surface area contributed by atoms with Crippen molar-refractivity contribution in [2.75, 3.05) is 48.1 Å². The number of carbonyl (C=O) groups excluding carboxylic acids is 3. The predicted molar refractivity (Wildman–Crippen MR) is 91.3 cm³/mol. The first-order valence-electron chi connectivity index (χ1n) is 7.82. The highest BCUT2D eigenvalue weighted by Gasteiger charge is 2.37. The Morgan fingerprint density at radius 2 is 1.52 bits per heavy atom. The Kier molecular flexibility index (Phi) is 6.06. The third-order valence-corrected chi connectivity index (χ3v) is 3.88. The lowest BCUT2D eigenvalue weighted by Crippen LogP contribution is -2.43. The Labute approximate surface area is 146 Å². The van der Waals surface area contributed by atoms with Gasteiger partial charge in [0.25, 0.3) is 5.91 Å². The minimum atomic E-state index is -0.408. The molecule has 1 aromatic carbocycles. The Morgan fingerprint density at radius 3 is 2.00 bits per heavy atom. The molecule has 0 fully saturated rings. The van der Waals surface area contributed by atoms with Crippen molar-refractivity contribution in [3.05, 3.63) is 46.8 Å². The van der Waals surface area contributed by atoms with Crippen molar-refractivity contribution in [2.24, 2.45) is 0 Å². The molecule has 0 saturated heterocycles. The molecule has 0 saturated carbocycles. The second-order valence-electron chi connectivity index (χ2n) is 5.77. The van der Waals surface area contributed by atoms with Gasteiger partial charge in [-0.3, -0.25) is 14.4 Å². The normalized spacial score (nSPS) is 13.8. The van der Waals surface area contributed by atoms with Crippen LogP contribution in [-0.4, -0.2) is 75.3 Å². The number of carbonyl (C=O) groups is 3. The third kappa shape index (κ3) is 3.62. The summed E-state index contributed by atoms with van der Waals surface area (Å²) in [6.45, 7) is 0.173. The summed E-state index contributed by atoms with van der Waals surface area (Å²) in [7, 11) is 6.24. The molecule has 0 N–H and O–H groups in total. The van der Waals surface area contributed by atoms with Crippen molar-refractivity contribution in [3.8, 4) is 0 Å². The summed E-state index contributed by atoms with van der Waals surface area (Å²) in [5.41, 5.74) is 0.878. The molecule has 0 spiro atoms. The number of likely N-dealkylation sites (N-methyl/N-ethyl adjacent to an activating group) is 1. The first-order valence-corrected chi connectivity index (χ1v) is 7.82. The van der Waals surface area contributed by atoms with Crippen LogP contribution in [0.2, 0.25) is 0 Å². The van der Waals surface area contributed by atoms with Gasteiger partial charge in [0.1, 0.15) is 18.0 Å². The van der Waals surface area contributed by atoms with Crippen molar-refractivity contribution >= 4 is 17.5 Å². The van der Waals surface area contributed by atoms with Gasteiger partial charge in [-0.05, 0) is 0 Å². The molecule has 0 heterocycles. The summed E-state index contributed by atoms with van der Waals surface area (Å²) in [6, 6.07) is 6.61. The van der Waals surface area contributed by atoms with E-state index in [9.17, 15) is 14.4 Å². The zero-order valence-corrected chi connectivity index (χ0v) is 14.9. The van der Waals surface area contributed by atoms with Crippen molar-refractivity contribution in [3.63, 3.8) is 0 Å². The molecule has 2 rings (SSSR count). The highest BCUT2D eigenvalue weighted by atomic mass is 16.5. The number of allylic oxidation sites excluding steroid dienone is 2. The van der Waals surface area contributed by atoms with Crippen LogP contribution in [0.3, 0.4) is 0 Å². The zero-order chi connectivity index (χ0) is 18.6. The predicted octanol–water partition coefficient (Wildman–Crippen LogP) is 0.960. The van der Waals surface area contributed by atoms with Crippen LogP contribution >= 0.6 is 0 Å². The van der Waals surface area contributed by atoms with Crippen LogP contribution in [0.1, 0.15) is 20.7 Å². The lowest BCUT2D eigenvalue weighted by Gasteiger charge is -2.32. The van der Waals surface area contributed by atoms with Gasteiger partial charge in [-0.1, -0.05) is 24.3 Å². The van der Waals surface area contributed by atoms with Gasteiger partial charge in [-0.2, -0.15) is 0 Å². The van der Waals surface area contributed by atoms with Gasteiger partial charge >= 0.3 is 0 Å². The van der Waals surface area contributed by atoms with Crippen LogP contribution in [0.4, 0.5) is 0 Å². The summed E-state index contributed by atoms with van der Waals surface area (Å²) in [5.74, 6) is -1.06. The number of nitrogens with zero attached hydrogens (tertiary/aromatic N) is 2. The van der Waals surface area contributed by atoms with E-state index in [0.29, 0.717) is 11.1 Å². The highest BCUT2D eigenvalue weighted by molar-refractivity contribution is 6.27. The number of amides is 1. The van der Waals surface area contributed by atoms with E-state index in [4.69, 9.17) is 9.47 Å². The van der Waals surface area contributed by atoms with Gasteiger partial charge in [0.2, 0.25) is 11.6 Å². The van der Waals surface area contributed by atoms with Gasteiger partial charge in [-0.15, -0.1) is 0 Å². The summed E-state index contributed by atoms with van der Waals surface area (Å²) >= 11 is 0. The van der Waals surface area contributed by atoms with Crippen LogP contribution in [0.25, 0.3) is 0 Å². The molecule has 25 heavy (non-hydrogen) atoms. The largest absolute Gasteiger partial charge is 0.383 e. The van der Waals surface area contributed by atoms with E-state index in [1.807, 2.05) is 0 Å². The molecule has 1 amide bonds. The number of rotatable bonds is 7. The Morgan fingerprint density at radius 1 is 0.960 bits per heavy atom. The van der Waals surface area contributed by atoms with Gasteiger partial charge in [0, 0.05) is 46.0 Å². The smallest absolute Gasteiger partial charge is 0.253 e. The third-order valence-electron chi connectivity index (χ3n) is 3.88. The van der Waals surface area contributed by atoms with Gasteiger partial charge in [-0.25, -0.2) is 0 Å². The number of benzene rings is 1. The number of fused-ring (bicyclic) bond motifs is 1. The number of methoxy groups -OCH3 is 2. The highest BCUT2D eigenvalue weighted by Crippen LogP contribution is 2.29. The summed E-state index contributed by atoms with van der Waals surface area (Å²) < 4.78 is 9.97. The number of ether oxygens (including phenoxy) is 2. The standard InChI is InChI=1S/C18H22N2O5/c1-19(2)15-16(20(9-10-24-3)14(21)11-25-4)18(23)13-8-6-5-7-12(13)17(15)22/h5-8H,9-11H2,1-4H3. The van der Waals surface area contributed by atoms with E-state index in [2.05, 4.69) is 0 Å². The maximum Gasteiger partial charge on any atom is 0.253 e. The number of ketones is 2. The molecule has 0 radical (unpaired) electrons.